The average Bonchev–Trinajstić information content (AvgIpc) is 2.26. The monoisotopic (exact) mass is 214 g/mol. The quantitative estimate of drug-likeness (QED) is 0.336. The van der Waals surface area contributed by atoms with Crippen LogP contribution in [0.25, 0.3) is 0 Å². The van der Waals surface area contributed by atoms with Crippen LogP contribution in [0, 0.1) is 0 Å². The van der Waals surface area contributed by atoms with Crippen LogP contribution in [0.5, 0.6) is 0 Å². The summed E-state index contributed by atoms with van der Waals surface area (Å²) in [6, 6.07) is 0. The topological polar surface area (TPSA) is 35.5 Å². The van der Waals surface area contributed by atoms with Crippen LogP contribution in [0.15, 0.2) is 12.7 Å². The molecule has 3 nitrogen and oxygen atoms in total. The molecule has 0 radical (unpaired) electrons. The van der Waals surface area contributed by atoms with Crippen molar-refractivity contribution in [1.29, 1.82) is 0 Å². The summed E-state index contributed by atoms with van der Waals surface area (Å²) in [4.78, 5) is 10.7. The second-order valence-corrected chi connectivity index (χ2v) is 3.62. The van der Waals surface area contributed by atoms with Crippen molar-refractivity contribution in [3.05, 3.63) is 12.7 Å². The molecule has 0 aliphatic carbocycles. The molecule has 1 atom stereocenters. The van der Waals surface area contributed by atoms with Crippen LogP contribution in [0.4, 0.5) is 0 Å². The third-order valence-electron chi connectivity index (χ3n) is 2.32. The fourth-order valence-electron chi connectivity index (χ4n) is 1.24. The predicted molar refractivity (Wildman–Crippen MR) is 60.7 cm³/mol. The van der Waals surface area contributed by atoms with Crippen LogP contribution in [-0.2, 0) is 14.3 Å². The van der Waals surface area contributed by atoms with Crippen molar-refractivity contribution >= 4 is 5.97 Å². The Morgan fingerprint density at radius 2 is 2.00 bits per heavy atom. The van der Waals surface area contributed by atoms with Gasteiger partial charge in [-0.3, -0.25) is 0 Å². The Morgan fingerprint density at radius 1 is 1.33 bits per heavy atom. The number of esters is 1. The zero-order chi connectivity index (χ0) is 11.5. The molecule has 0 fully saturated rings. The first-order valence-electron chi connectivity index (χ1n) is 5.52. The van der Waals surface area contributed by atoms with Gasteiger partial charge in [0.15, 0.2) is 0 Å². The summed E-state index contributed by atoms with van der Waals surface area (Å²) in [6.07, 6.45) is 7.01. The molecule has 3 heteroatoms. The van der Waals surface area contributed by atoms with Gasteiger partial charge in [0.05, 0.1) is 12.7 Å². The predicted octanol–water partition coefficient (Wildman–Crippen LogP) is 2.70. The number of rotatable bonds is 9. The highest BCUT2D eigenvalue weighted by Gasteiger charge is 1.99. The van der Waals surface area contributed by atoms with E-state index in [0.717, 1.165) is 19.3 Å². The minimum absolute atomic E-state index is 0.331. The Bertz CT molecular complexity index is 178. The molecule has 0 saturated heterocycles. The molecular weight excluding hydrogens is 192 g/mol. The van der Waals surface area contributed by atoms with Gasteiger partial charge in [-0.15, -0.1) is 0 Å². The molecule has 0 rings (SSSR count). The average molecular weight is 214 g/mol. The van der Waals surface area contributed by atoms with Crippen molar-refractivity contribution < 1.29 is 14.3 Å². The molecule has 0 aromatic rings. The molecule has 0 aromatic carbocycles. The van der Waals surface area contributed by atoms with E-state index in [1.54, 1.807) is 7.11 Å². The SMILES string of the molecule is C=CC(=O)OCCCCCCC(C)OC. The van der Waals surface area contributed by atoms with E-state index in [-0.39, 0.29) is 5.97 Å². The maximum absolute atomic E-state index is 10.7. The highest BCUT2D eigenvalue weighted by molar-refractivity contribution is 5.81. The van der Waals surface area contributed by atoms with Crippen molar-refractivity contribution in [2.45, 2.75) is 45.1 Å². The van der Waals surface area contributed by atoms with Gasteiger partial charge in [-0.2, -0.15) is 0 Å². The van der Waals surface area contributed by atoms with Gasteiger partial charge in [0.25, 0.3) is 0 Å². The van der Waals surface area contributed by atoms with Gasteiger partial charge in [-0.05, 0) is 19.8 Å². The lowest BCUT2D eigenvalue weighted by Crippen LogP contribution is -2.04. The van der Waals surface area contributed by atoms with Crippen molar-refractivity contribution in [3.8, 4) is 0 Å². The minimum atomic E-state index is -0.331. The van der Waals surface area contributed by atoms with Crippen molar-refractivity contribution in [2.24, 2.45) is 0 Å². The molecule has 0 aliphatic rings. The van der Waals surface area contributed by atoms with Gasteiger partial charge in [0.2, 0.25) is 0 Å². The summed E-state index contributed by atoms with van der Waals surface area (Å²) < 4.78 is 10.0. The molecule has 1 unspecified atom stereocenters. The van der Waals surface area contributed by atoms with Gasteiger partial charge >= 0.3 is 5.97 Å². The maximum Gasteiger partial charge on any atom is 0.330 e. The molecule has 0 aliphatic heterocycles. The van der Waals surface area contributed by atoms with Crippen molar-refractivity contribution in [2.75, 3.05) is 13.7 Å². The smallest absolute Gasteiger partial charge is 0.330 e. The fourth-order valence-corrected chi connectivity index (χ4v) is 1.24. The summed E-state index contributed by atoms with van der Waals surface area (Å²) >= 11 is 0. The molecule has 0 bridgehead atoms. The number of hydrogen-bond donors (Lipinski definition) is 0. The number of carbonyl (C=O) groups is 1. The van der Waals surface area contributed by atoms with E-state index in [4.69, 9.17) is 9.47 Å². The van der Waals surface area contributed by atoms with Crippen molar-refractivity contribution in [3.63, 3.8) is 0 Å². The second-order valence-electron chi connectivity index (χ2n) is 3.62. The summed E-state index contributed by atoms with van der Waals surface area (Å²) in [5.74, 6) is -0.331. The Kier molecular flexibility index (Phi) is 9.18. The van der Waals surface area contributed by atoms with E-state index < -0.39 is 0 Å². The van der Waals surface area contributed by atoms with Crippen molar-refractivity contribution in [1.82, 2.24) is 0 Å². The van der Waals surface area contributed by atoms with Gasteiger partial charge in [0.1, 0.15) is 0 Å². The van der Waals surface area contributed by atoms with Gasteiger partial charge < -0.3 is 9.47 Å². The summed E-state index contributed by atoms with van der Waals surface area (Å²) in [5, 5.41) is 0. The lowest BCUT2D eigenvalue weighted by atomic mass is 10.1. The van der Waals surface area contributed by atoms with Crippen LogP contribution in [0.2, 0.25) is 0 Å². The zero-order valence-electron chi connectivity index (χ0n) is 9.83. The number of unbranched alkanes of at least 4 members (excludes halogenated alkanes) is 3. The molecule has 0 heterocycles. The highest BCUT2D eigenvalue weighted by Crippen LogP contribution is 2.07. The van der Waals surface area contributed by atoms with Crippen LogP contribution in [0.1, 0.15) is 39.0 Å². The Labute approximate surface area is 92.5 Å². The summed E-state index contributed by atoms with van der Waals surface area (Å²) in [6.45, 7) is 5.91. The van der Waals surface area contributed by atoms with Crippen LogP contribution >= 0.6 is 0 Å². The van der Waals surface area contributed by atoms with Crippen LogP contribution in [-0.4, -0.2) is 25.8 Å². The standard InChI is InChI=1S/C12H22O3/c1-4-12(13)15-10-8-6-5-7-9-11(2)14-3/h4,11H,1,5-10H2,2-3H3. The highest BCUT2D eigenvalue weighted by atomic mass is 16.5. The maximum atomic E-state index is 10.7. The van der Waals surface area contributed by atoms with E-state index in [1.807, 2.05) is 0 Å². The molecule has 0 aromatic heterocycles. The first kappa shape index (κ1) is 14.2. The van der Waals surface area contributed by atoms with E-state index >= 15 is 0 Å². The largest absolute Gasteiger partial charge is 0.463 e. The fraction of sp³-hybridized carbons (Fsp3) is 0.750. The second kappa shape index (κ2) is 9.71. The number of methoxy groups -OCH3 is 1. The number of ether oxygens (including phenoxy) is 2. The van der Waals surface area contributed by atoms with E-state index in [1.165, 1.54) is 18.9 Å². The number of carbonyl (C=O) groups excluding carboxylic acids is 1. The van der Waals surface area contributed by atoms with E-state index in [0.29, 0.717) is 12.7 Å². The van der Waals surface area contributed by atoms with Gasteiger partial charge in [-0.1, -0.05) is 25.8 Å². The summed E-state index contributed by atoms with van der Waals surface area (Å²) in [5.41, 5.74) is 0. The van der Waals surface area contributed by atoms with Gasteiger partial charge in [-0.25, -0.2) is 4.79 Å². The Hall–Kier alpha value is -0.830. The van der Waals surface area contributed by atoms with Gasteiger partial charge in [0, 0.05) is 13.2 Å². The molecule has 0 amide bonds. The molecule has 0 spiro atoms. The zero-order valence-corrected chi connectivity index (χ0v) is 9.83. The van der Waals surface area contributed by atoms with E-state index in [2.05, 4.69) is 13.5 Å². The molecule has 15 heavy (non-hydrogen) atoms. The first-order chi connectivity index (χ1) is 7.20. The molecule has 0 N–H and O–H groups in total. The minimum Gasteiger partial charge on any atom is -0.463 e. The molecule has 88 valence electrons. The third-order valence-corrected chi connectivity index (χ3v) is 2.32. The third kappa shape index (κ3) is 9.47. The Balaban J connectivity index is 3.11. The first-order valence-corrected chi connectivity index (χ1v) is 5.52. The number of hydrogen-bond acceptors (Lipinski definition) is 3. The lowest BCUT2D eigenvalue weighted by Gasteiger charge is -2.08. The lowest BCUT2D eigenvalue weighted by molar-refractivity contribution is -0.137. The summed E-state index contributed by atoms with van der Waals surface area (Å²) in [7, 11) is 1.74. The molecule has 0 saturated carbocycles. The molecular formula is C12H22O3. The Morgan fingerprint density at radius 3 is 2.60 bits per heavy atom. The van der Waals surface area contributed by atoms with E-state index in [9.17, 15) is 4.79 Å². The van der Waals surface area contributed by atoms with Crippen LogP contribution < -0.4 is 0 Å². The normalized spacial score (nSPS) is 12.1. The van der Waals surface area contributed by atoms with Crippen LogP contribution in [0.3, 0.4) is 0 Å².